The van der Waals surface area contributed by atoms with E-state index in [0.717, 1.165) is 45.6 Å². The third-order valence-electron chi connectivity index (χ3n) is 6.33. The second-order valence-corrected chi connectivity index (χ2v) is 8.20. The molecule has 4 rings (SSSR count). The van der Waals surface area contributed by atoms with Gasteiger partial charge < -0.3 is 14.5 Å². The normalized spacial score (nSPS) is 18.6. The fourth-order valence-corrected chi connectivity index (χ4v) is 4.58. The second-order valence-electron chi connectivity index (χ2n) is 8.20. The Bertz CT molecular complexity index is 879. The number of amides is 2. The molecule has 2 aliphatic heterocycles. The Kier molecular flexibility index (Phi) is 6.53. The molecule has 2 heterocycles. The first-order valence-corrected chi connectivity index (χ1v) is 11.0. The molecule has 0 atom stereocenters. The smallest absolute Gasteiger partial charge is 0.409 e. The number of benzene rings is 2. The van der Waals surface area contributed by atoms with Crippen LogP contribution in [0.2, 0.25) is 0 Å². The van der Waals surface area contributed by atoms with Crippen molar-refractivity contribution in [2.45, 2.75) is 26.3 Å². The summed E-state index contributed by atoms with van der Waals surface area (Å²) < 4.78 is 5.07. The Morgan fingerprint density at radius 1 is 0.900 bits per heavy atom. The number of hydrogen-bond acceptors (Lipinski definition) is 4. The Morgan fingerprint density at radius 3 is 2.33 bits per heavy atom. The lowest BCUT2D eigenvalue weighted by atomic mass is 9.95. The number of piperidine rings is 1. The topological polar surface area (TPSA) is 53.1 Å². The summed E-state index contributed by atoms with van der Waals surface area (Å²) >= 11 is 0. The number of rotatable bonds is 4. The quantitative estimate of drug-likeness (QED) is 0.777. The van der Waals surface area contributed by atoms with Gasteiger partial charge in [0, 0.05) is 51.7 Å². The van der Waals surface area contributed by atoms with Gasteiger partial charge in [-0.25, -0.2) is 4.79 Å². The number of nitrogens with zero attached hydrogens (tertiary/aromatic N) is 3. The van der Waals surface area contributed by atoms with E-state index in [4.69, 9.17) is 4.74 Å². The van der Waals surface area contributed by atoms with E-state index in [2.05, 4.69) is 47.4 Å². The molecule has 0 aliphatic carbocycles. The van der Waals surface area contributed by atoms with Crippen LogP contribution in [0.3, 0.4) is 0 Å². The monoisotopic (exact) mass is 409 g/mol. The van der Waals surface area contributed by atoms with Crippen LogP contribution >= 0.6 is 0 Å². The third kappa shape index (κ3) is 4.59. The van der Waals surface area contributed by atoms with Crippen LogP contribution in [0, 0.1) is 5.92 Å². The van der Waals surface area contributed by atoms with Gasteiger partial charge in [0.2, 0.25) is 5.91 Å². The number of carbonyl (C=O) groups excluding carboxylic acids is 2. The lowest BCUT2D eigenvalue weighted by molar-refractivity contribution is -0.138. The number of hydrogen-bond donors (Lipinski definition) is 0. The molecule has 2 aromatic carbocycles. The zero-order valence-electron chi connectivity index (χ0n) is 17.8. The van der Waals surface area contributed by atoms with Crippen molar-refractivity contribution in [3.05, 3.63) is 48.0 Å². The van der Waals surface area contributed by atoms with Gasteiger partial charge in [-0.2, -0.15) is 0 Å². The number of fused-ring (bicyclic) bond motifs is 1. The Balaban J connectivity index is 1.27. The van der Waals surface area contributed by atoms with Crippen LogP contribution in [0.5, 0.6) is 0 Å². The van der Waals surface area contributed by atoms with Crippen LogP contribution in [0.15, 0.2) is 42.5 Å². The maximum absolute atomic E-state index is 13.0. The van der Waals surface area contributed by atoms with Gasteiger partial charge in [0.15, 0.2) is 0 Å². The lowest BCUT2D eigenvalue weighted by Gasteiger charge is -2.38. The van der Waals surface area contributed by atoms with Crippen molar-refractivity contribution in [1.82, 2.24) is 14.7 Å². The molecule has 6 heteroatoms. The number of likely N-dealkylation sites (tertiary alicyclic amines) is 1. The lowest BCUT2D eigenvalue weighted by Crippen LogP contribution is -2.51. The molecule has 0 aromatic heterocycles. The van der Waals surface area contributed by atoms with E-state index in [1.807, 2.05) is 11.8 Å². The maximum Gasteiger partial charge on any atom is 0.409 e. The van der Waals surface area contributed by atoms with Crippen molar-refractivity contribution in [2.75, 3.05) is 45.9 Å². The van der Waals surface area contributed by atoms with Gasteiger partial charge in [-0.15, -0.1) is 0 Å². The van der Waals surface area contributed by atoms with Crippen LogP contribution in [0.1, 0.15) is 25.3 Å². The van der Waals surface area contributed by atoms with Crippen molar-refractivity contribution >= 4 is 22.8 Å². The number of carbonyl (C=O) groups is 2. The summed E-state index contributed by atoms with van der Waals surface area (Å²) in [6, 6.07) is 15.0. The van der Waals surface area contributed by atoms with Gasteiger partial charge in [-0.05, 0) is 36.1 Å². The fourth-order valence-electron chi connectivity index (χ4n) is 4.58. The van der Waals surface area contributed by atoms with Crippen molar-refractivity contribution in [3.8, 4) is 0 Å². The molecule has 2 saturated heterocycles. The molecule has 2 aromatic rings. The second kappa shape index (κ2) is 9.47. The van der Waals surface area contributed by atoms with Gasteiger partial charge in [-0.1, -0.05) is 42.5 Å². The summed E-state index contributed by atoms with van der Waals surface area (Å²) in [5, 5.41) is 2.59. The summed E-state index contributed by atoms with van der Waals surface area (Å²) in [7, 11) is 0. The van der Waals surface area contributed by atoms with Crippen molar-refractivity contribution in [1.29, 1.82) is 0 Å². The van der Waals surface area contributed by atoms with Gasteiger partial charge in [0.25, 0.3) is 0 Å². The Morgan fingerprint density at radius 2 is 1.60 bits per heavy atom. The minimum absolute atomic E-state index is 0.0280. The van der Waals surface area contributed by atoms with E-state index >= 15 is 0 Å². The van der Waals surface area contributed by atoms with E-state index in [9.17, 15) is 9.59 Å². The number of piperazine rings is 1. The summed E-state index contributed by atoms with van der Waals surface area (Å²) in [5.74, 6) is 0.281. The van der Waals surface area contributed by atoms with Crippen molar-refractivity contribution < 1.29 is 14.3 Å². The Hall–Kier alpha value is -2.60. The molecule has 0 radical (unpaired) electrons. The van der Waals surface area contributed by atoms with Crippen LogP contribution in [0.25, 0.3) is 10.8 Å². The third-order valence-corrected chi connectivity index (χ3v) is 6.33. The summed E-state index contributed by atoms with van der Waals surface area (Å²) in [6.45, 7) is 7.69. The fraction of sp³-hybridized carbons (Fsp3) is 0.500. The van der Waals surface area contributed by atoms with E-state index in [0.29, 0.717) is 19.7 Å². The summed E-state index contributed by atoms with van der Waals surface area (Å²) in [5.41, 5.74) is 1.35. The first kappa shape index (κ1) is 20.7. The molecule has 0 unspecified atom stereocenters. The largest absolute Gasteiger partial charge is 0.450 e. The van der Waals surface area contributed by atoms with E-state index in [1.165, 1.54) is 16.3 Å². The standard InChI is InChI=1S/C24H31N3O3/c1-2-30-24(29)27-12-10-20(11-13-27)23(28)26-16-14-25(15-17-26)18-21-8-5-7-19-6-3-4-9-22(19)21/h3-9,20H,2,10-18H2,1H3. The molecule has 0 spiro atoms. The average Bonchev–Trinajstić information content (AvgIpc) is 2.80. The highest BCUT2D eigenvalue weighted by atomic mass is 16.6. The highest BCUT2D eigenvalue weighted by Crippen LogP contribution is 2.23. The van der Waals surface area contributed by atoms with Crippen LogP contribution in [0.4, 0.5) is 4.79 Å². The summed E-state index contributed by atoms with van der Waals surface area (Å²) in [6.07, 6.45) is 1.20. The van der Waals surface area contributed by atoms with Gasteiger partial charge in [0.1, 0.15) is 0 Å². The van der Waals surface area contributed by atoms with Crippen molar-refractivity contribution in [2.24, 2.45) is 5.92 Å². The Labute approximate surface area is 178 Å². The SMILES string of the molecule is CCOC(=O)N1CCC(C(=O)N2CCN(Cc3cccc4ccccc34)CC2)CC1. The first-order chi connectivity index (χ1) is 14.7. The van der Waals surface area contributed by atoms with Gasteiger partial charge in [0.05, 0.1) is 6.61 Å². The molecule has 2 aliphatic rings. The molecular weight excluding hydrogens is 378 g/mol. The van der Waals surface area contributed by atoms with Crippen molar-refractivity contribution in [3.63, 3.8) is 0 Å². The van der Waals surface area contributed by atoms with Gasteiger partial charge >= 0.3 is 6.09 Å². The highest BCUT2D eigenvalue weighted by molar-refractivity contribution is 5.85. The van der Waals surface area contributed by atoms with E-state index in [-0.39, 0.29) is 17.9 Å². The molecule has 30 heavy (non-hydrogen) atoms. The first-order valence-electron chi connectivity index (χ1n) is 11.0. The molecular formula is C24H31N3O3. The zero-order chi connectivity index (χ0) is 20.9. The molecule has 0 saturated carbocycles. The zero-order valence-corrected chi connectivity index (χ0v) is 17.8. The minimum Gasteiger partial charge on any atom is -0.450 e. The highest BCUT2D eigenvalue weighted by Gasteiger charge is 2.32. The minimum atomic E-state index is -0.259. The van der Waals surface area contributed by atoms with E-state index in [1.54, 1.807) is 4.90 Å². The predicted molar refractivity (Wildman–Crippen MR) is 117 cm³/mol. The average molecular weight is 410 g/mol. The molecule has 2 fully saturated rings. The maximum atomic E-state index is 13.0. The number of ether oxygens (including phenoxy) is 1. The summed E-state index contributed by atoms with van der Waals surface area (Å²) in [4.78, 5) is 31.0. The molecule has 6 nitrogen and oxygen atoms in total. The van der Waals surface area contributed by atoms with Crippen LogP contribution in [-0.2, 0) is 16.1 Å². The van der Waals surface area contributed by atoms with Crippen LogP contribution < -0.4 is 0 Å². The predicted octanol–water partition coefficient (Wildman–Crippen LogP) is 3.35. The molecule has 0 bridgehead atoms. The molecule has 2 amide bonds. The van der Waals surface area contributed by atoms with Crippen LogP contribution in [-0.4, -0.2) is 72.6 Å². The van der Waals surface area contributed by atoms with Gasteiger partial charge in [-0.3, -0.25) is 9.69 Å². The van der Waals surface area contributed by atoms with E-state index < -0.39 is 0 Å². The molecule has 160 valence electrons. The molecule has 0 N–H and O–H groups in total.